The molecule has 7 heteroatoms. The van der Waals surface area contributed by atoms with Gasteiger partial charge in [0.05, 0.1) is 12.0 Å². The summed E-state index contributed by atoms with van der Waals surface area (Å²) >= 11 is 1.03. The highest BCUT2D eigenvalue weighted by Crippen LogP contribution is 2.10. The molecule has 1 atom stereocenters. The van der Waals surface area contributed by atoms with Gasteiger partial charge in [0.2, 0.25) is 0 Å². The second-order valence-corrected chi connectivity index (χ2v) is 5.20. The van der Waals surface area contributed by atoms with Crippen LogP contribution < -0.4 is 16.6 Å². The first-order chi connectivity index (χ1) is 10.5. The summed E-state index contributed by atoms with van der Waals surface area (Å²) in [4.78, 5) is 21.6. The Balaban J connectivity index is 0.00000135. The molecule has 124 valence electrons. The molecule has 0 aliphatic carbocycles. The number of carboxylic acid groups (broad SMARTS) is 1. The number of hydrogen-bond donors (Lipinski definition) is 2. The zero-order valence-electron chi connectivity index (χ0n) is 12.7. The molecule has 0 heterocycles. The van der Waals surface area contributed by atoms with Crippen molar-refractivity contribution in [3.63, 3.8) is 0 Å². The summed E-state index contributed by atoms with van der Waals surface area (Å²) in [5.41, 5.74) is 11.5. The Hall–Kier alpha value is -1.57. The summed E-state index contributed by atoms with van der Waals surface area (Å²) in [6.45, 7) is 2.65. The average molecular weight is 327 g/mol. The fourth-order valence-corrected chi connectivity index (χ4v) is 2.00. The molecule has 0 saturated carbocycles. The van der Waals surface area contributed by atoms with E-state index in [9.17, 15) is 14.7 Å². The van der Waals surface area contributed by atoms with Gasteiger partial charge in [-0.3, -0.25) is 0 Å². The molecule has 0 radical (unpaired) electrons. The van der Waals surface area contributed by atoms with Crippen molar-refractivity contribution in [1.29, 1.82) is 0 Å². The fraction of sp³-hybridized carbons (Fsp3) is 0.467. The largest absolute Gasteiger partial charge is 0.550 e. The Morgan fingerprint density at radius 1 is 1.32 bits per heavy atom. The summed E-state index contributed by atoms with van der Waals surface area (Å²) in [5.74, 6) is -1.19. The third-order valence-electron chi connectivity index (χ3n) is 2.42. The van der Waals surface area contributed by atoms with Crippen LogP contribution in [0.1, 0.15) is 25.3 Å². The summed E-state index contributed by atoms with van der Waals surface area (Å²) in [5, 5.41) is 10.2. The van der Waals surface area contributed by atoms with Crippen LogP contribution in [-0.2, 0) is 20.2 Å². The molecule has 1 rings (SSSR count). The highest BCUT2D eigenvalue weighted by molar-refractivity contribution is 7.95. The van der Waals surface area contributed by atoms with Crippen LogP contribution in [0.5, 0.6) is 0 Å². The minimum Gasteiger partial charge on any atom is -0.550 e. The molecule has 4 N–H and O–H groups in total. The first-order valence-electron chi connectivity index (χ1n) is 7.04. The number of aryl methyl sites for hydroxylation is 1. The summed E-state index contributed by atoms with van der Waals surface area (Å²) in [7, 11) is 0. The molecular formula is C15H23N2O4S-. The van der Waals surface area contributed by atoms with Crippen LogP contribution in [0.25, 0.3) is 0 Å². The van der Waals surface area contributed by atoms with Crippen molar-refractivity contribution < 1.29 is 18.9 Å². The molecule has 1 unspecified atom stereocenters. The van der Waals surface area contributed by atoms with Gasteiger partial charge in [0.15, 0.2) is 0 Å². The molecule has 1 aromatic rings. The predicted octanol–water partition coefficient (Wildman–Crippen LogP) is 0.243. The first kappa shape index (κ1) is 20.4. The van der Waals surface area contributed by atoms with E-state index in [0.717, 1.165) is 30.6 Å². The lowest BCUT2D eigenvalue weighted by atomic mass is 10.2. The highest BCUT2D eigenvalue weighted by atomic mass is 32.2. The van der Waals surface area contributed by atoms with Gasteiger partial charge in [-0.2, -0.15) is 0 Å². The first-order valence-corrected chi connectivity index (χ1v) is 7.95. The number of rotatable bonds is 8. The van der Waals surface area contributed by atoms with E-state index in [2.05, 4.69) is 0 Å². The van der Waals surface area contributed by atoms with Crippen LogP contribution in [0, 0.1) is 0 Å². The van der Waals surface area contributed by atoms with E-state index in [1.165, 1.54) is 0 Å². The number of carboxylic acids is 1. The molecule has 0 saturated heterocycles. The topological polar surface area (TPSA) is 118 Å². The monoisotopic (exact) mass is 327 g/mol. The summed E-state index contributed by atoms with van der Waals surface area (Å²) in [6, 6.07) is 8.90. The smallest absolute Gasteiger partial charge is 0.334 e. The number of nitrogens with two attached hydrogens (primary N) is 2. The highest BCUT2D eigenvalue weighted by Gasteiger charge is 2.15. The molecule has 1 aromatic carbocycles. The number of hydrogen-bond acceptors (Lipinski definition) is 7. The van der Waals surface area contributed by atoms with E-state index in [4.69, 9.17) is 15.7 Å². The zero-order valence-corrected chi connectivity index (χ0v) is 13.5. The van der Waals surface area contributed by atoms with E-state index in [1.54, 1.807) is 0 Å². The molecule has 0 bridgehead atoms. The molecule has 0 amide bonds. The Labute approximate surface area is 135 Å². The maximum Gasteiger partial charge on any atom is 0.334 e. The Morgan fingerprint density at radius 3 is 2.45 bits per heavy atom. The van der Waals surface area contributed by atoms with Crippen LogP contribution in [0.4, 0.5) is 0 Å². The maximum atomic E-state index is 11.4. The van der Waals surface area contributed by atoms with Crippen molar-refractivity contribution in [2.24, 2.45) is 11.5 Å². The van der Waals surface area contributed by atoms with Gasteiger partial charge in [-0.25, -0.2) is 4.79 Å². The van der Waals surface area contributed by atoms with Crippen molar-refractivity contribution in [1.82, 2.24) is 0 Å². The third-order valence-corrected chi connectivity index (χ3v) is 3.07. The van der Waals surface area contributed by atoms with Crippen molar-refractivity contribution in [2.45, 2.75) is 32.2 Å². The van der Waals surface area contributed by atoms with Gasteiger partial charge in [-0.1, -0.05) is 37.3 Å². The number of benzene rings is 1. The van der Waals surface area contributed by atoms with E-state index < -0.39 is 18.0 Å². The van der Waals surface area contributed by atoms with Gasteiger partial charge in [0, 0.05) is 11.7 Å². The predicted molar refractivity (Wildman–Crippen MR) is 85.6 cm³/mol. The summed E-state index contributed by atoms with van der Waals surface area (Å²) in [6.07, 6.45) is 0.568. The van der Waals surface area contributed by atoms with Gasteiger partial charge in [0.1, 0.15) is 6.04 Å². The second-order valence-electron chi connectivity index (χ2n) is 4.39. The molecule has 0 spiro atoms. The third kappa shape index (κ3) is 11.1. The van der Waals surface area contributed by atoms with Gasteiger partial charge in [0.25, 0.3) is 0 Å². The lowest BCUT2D eigenvalue weighted by Gasteiger charge is -2.10. The molecule has 0 aliphatic rings. The quantitative estimate of drug-likeness (QED) is 0.518. The van der Waals surface area contributed by atoms with E-state index in [-0.39, 0.29) is 12.8 Å². The van der Waals surface area contributed by atoms with E-state index in [1.807, 2.05) is 37.3 Å². The Kier molecular flexibility index (Phi) is 12.2. The molecular weight excluding hydrogens is 304 g/mol. The van der Waals surface area contributed by atoms with Crippen molar-refractivity contribution >= 4 is 24.0 Å². The zero-order chi connectivity index (χ0) is 16.8. The SMILES string of the molecule is CCN.NC(CCC(=O)[O-])C(=O)OSCCc1ccccc1. The Bertz CT molecular complexity index is 429. The van der Waals surface area contributed by atoms with E-state index in [0.29, 0.717) is 5.75 Å². The normalized spacial score (nSPS) is 11.0. The van der Waals surface area contributed by atoms with Crippen molar-refractivity contribution in [3.05, 3.63) is 35.9 Å². The molecule has 0 fully saturated rings. The maximum absolute atomic E-state index is 11.4. The molecule has 0 aliphatic heterocycles. The van der Waals surface area contributed by atoms with Crippen LogP contribution in [0.3, 0.4) is 0 Å². The van der Waals surface area contributed by atoms with Gasteiger partial charge < -0.3 is 25.6 Å². The lowest BCUT2D eigenvalue weighted by Crippen LogP contribution is -2.33. The lowest BCUT2D eigenvalue weighted by molar-refractivity contribution is -0.305. The number of carbonyl (C=O) groups is 2. The van der Waals surface area contributed by atoms with Crippen LogP contribution >= 0.6 is 12.0 Å². The minimum absolute atomic E-state index is 0.0282. The fourth-order valence-electron chi connectivity index (χ4n) is 1.36. The minimum atomic E-state index is -1.22. The van der Waals surface area contributed by atoms with Crippen LogP contribution in [0.15, 0.2) is 30.3 Å². The Morgan fingerprint density at radius 2 is 1.91 bits per heavy atom. The van der Waals surface area contributed by atoms with Crippen LogP contribution in [0.2, 0.25) is 0 Å². The average Bonchev–Trinajstić information content (AvgIpc) is 2.50. The van der Waals surface area contributed by atoms with Crippen LogP contribution in [-0.4, -0.2) is 30.3 Å². The van der Waals surface area contributed by atoms with Crippen molar-refractivity contribution in [3.8, 4) is 0 Å². The molecule has 22 heavy (non-hydrogen) atoms. The van der Waals surface area contributed by atoms with Gasteiger partial charge >= 0.3 is 5.97 Å². The van der Waals surface area contributed by atoms with Crippen molar-refractivity contribution in [2.75, 3.05) is 12.3 Å². The van der Waals surface area contributed by atoms with E-state index >= 15 is 0 Å². The summed E-state index contributed by atoms with van der Waals surface area (Å²) < 4.78 is 4.90. The number of aliphatic carboxylic acids is 1. The van der Waals surface area contributed by atoms with Gasteiger partial charge in [-0.15, -0.1) is 0 Å². The standard InChI is InChI=1S/C13H17NO4S.C2H7N/c14-11(6-7-12(15)16)13(17)18-19-9-8-10-4-2-1-3-5-10;1-2-3/h1-5,11H,6-9,14H2,(H,15,16);2-3H2,1H3/p-1. The van der Waals surface area contributed by atoms with Gasteiger partial charge in [-0.05, 0) is 31.4 Å². The second kappa shape index (κ2) is 13.1. The molecule has 6 nitrogen and oxygen atoms in total. The number of carbonyl (C=O) groups excluding carboxylic acids is 2. The molecule has 0 aromatic heterocycles.